The Morgan fingerprint density at radius 2 is 1.79 bits per heavy atom. The fourth-order valence-corrected chi connectivity index (χ4v) is 4.68. The van der Waals surface area contributed by atoms with Crippen molar-refractivity contribution in [2.75, 3.05) is 24.6 Å². The van der Waals surface area contributed by atoms with E-state index in [0.717, 1.165) is 12.1 Å². The van der Waals surface area contributed by atoms with Crippen LogP contribution in [0.5, 0.6) is 11.5 Å². The molecule has 0 heterocycles. The fraction of sp³-hybridized carbons (Fsp3) is 0.154. The van der Waals surface area contributed by atoms with Gasteiger partial charge in [-0.2, -0.15) is 18.3 Å². The second kappa shape index (κ2) is 12.3. The third kappa shape index (κ3) is 7.13. The summed E-state index contributed by atoms with van der Waals surface area (Å²) in [6.07, 6.45) is -1.85. The third-order valence-electron chi connectivity index (χ3n) is 5.03. The van der Waals surface area contributed by atoms with Crippen molar-refractivity contribution in [3.05, 3.63) is 96.6 Å². The Kier molecular flexibility index (Phi) is 9.13. The number of benzene rings is 3. The Hall–Kier alpha value is -4.32. The van der Waals surface area contributed by atoms with E-state index < -0.39 is 34.2 Å². The monoisotopic (exact) mass is 547 g/mol. The average Bonchev–Trinajstić information content (AvgIpc) is 2.90. The lowest BCUT2D eigenvalue weighted by molar-refractivity contribution is -0.137. The Morgan fingerprint density at radius 1 is 1.05 bits per heavy atom. The zero-order valence-electron chi connectivity index (χ0n) is 20.2. The normalized spacial score (nSPS) is 11.7. The van der Waals surface area contributed by atoms with Gasteiger partial charge in [-0.1, -0.05) is 36.9 Å². The second-order valence-electron chi connectivity index (χ2n) is 7.68. The Balaban J connectivity index is 1.84. The van der Waals surface area contributed by atoms with E-state index in [4.69, 9.17) is 9.47 Å². The molecule has 0 spiro atoms. The van der Waals surface area contributed by atoms with Gasteiger partial charge >= 0.3 is 6.18 Å². The number of rotatable bonds is 11. The number of methoxy groups -OCH3 is 1. The highest BCUT2D eigenvalue weighted by molar-refractivity contribution is 7.92. The van der Waals surface area contributed by atoms with Crippen molar-refractivity contribution < 1.29 is 35.9 Å². The Bertz CT molecular complexity index is 1410. The van der Waals surface area contributed by atoms with Crippen molar-refractivity contribution in [1.82, 2.24) is 5.43 Å². The van der Waals surface area contributed by atoms with Crippen molar-refractivity contribution in [3.8, 4) is 11.5 Å². The van der Waals surface area contributed by atoms with Gasteiger partial charge in [0.2, 0.25) is 0 Å². The van der Waals surface area contributed by atoms with Crippen LogP contribution < -0.4 is 19.2 Å². The molecule has 3 aromatic carbocycles. The molecule has 0 saturated heterocycles. The number of sulfonamides is 1. The molecule has 0 fully saturated rings. The van der Waals surface area contributed by atoms with Crippen LogP contribution >= 0.6 is 0 Å². The molecule has 0 radical (unpaired) electrons. The highest BCUT2D eigenvalue weighted by Gasteiger charge is 2.33. The van der Waals surface area contributed by atoms with Crippen LogP contribution in [0, 0.1) is 0 Å². The van der Waals surface area contributed by atoms with Crippen LogP contribution in [0.2, 0.25) is 0 Å². The van der Waals surface area contributed by atoms with E-state index in [2.05, 4.69) is 17.1 Å². The van der Waals surface area contributed by atoms with Gasteiger partial charge in [-0.3, -0.25) is 9.10 Å². The van der Waals surface area contributed by atoms with E-state index >= 15 is 0 Å². The summed E-state index contributed by atoms with van der Waals surface area (Å²) in [5, 5.41) is 3.83. The minimum atomic E-state index is -4.71. The number of hydrogen-bond donors (Lipinski definition) is 1. The molecule has 200 valence electrons. The smallest absolute Gasteiger partial charge is 0.416 e. The number of alkyl halides is 3. The molecule has 0 aliphatic carbocycles. The van der Waals surface area contributed by atoms with Crippen LogP contribution in [0.3, 0.4) is 0 Å². The molecule has 3 aromatic rings. The summed E-state index contributed by atoms with van der Waals surface area (Å²) in [5.74, 6) is -0.000643. The topological polar surface area (TPSA) is 97.3 Å². The number of carbonyl (C=O) groups is 1. The molecule has 1 N–H and O–H groups in total. The van der Waals surface area contributed by atoms with Gasteiger partial charge in [0.1, 0.15) is 13.2 Å². The van der Waals surface area contributed by atoms with Gasteiger partial charge in [0, 0.05) is 0 Å². The van der Waals surface area contributed by atoms with Gasteiger partial charge in [-0.15, -0.1) is 0 Å². The first-order valence-corrected chi connectivity index (χ1v) is 12.5. The van der Waals surface area contributed by atoms with Crippen molar-refractivity contribution in [1.29, 1.82) is 0 Å². The zero-order valence-corrected chi connectivity index (χ0v) is 21.0. The number of nitrogens with one attached hydrogen (secondary N) is 1. The molecule has 0 atom stereocenters. The van der Waals surface area contributed by atoms with Gasteiger partial charge in [0.05, 0.1) is 29.5 Å². The lowest BCUT2D eigenvalue weighted by Crippen LogP contribution is -2.39. The third-order valence-corrected chi connectivity index (χ3v) is 6.82. The highest BCUT2D eigenvalue weighted by atomic mass is 32.2. The molecule has 0 bridgehead atoms. The van der Waals surface area contributed by atoms with E-state index in [1.807, 2.05) is 0 Å². The van der Waals surface area contributed by atoms with E-state index in [1.54, 1.807) is 30.3 Å². The Morgan fingerprint density at radius 3 is 2.45 bits per heavy atom. The molecular formula is C26H24F3N3O5S. The Labute approximate surface area is 218 Å². The molecular weight excluding hydrogens is 523 g/mol. The maximum absolute atomic E-state index is 13.3. The summed E-state index contributed by atoms with van der Waals surface area (Å²) in [7, 11) is -2.94. The number of halogens is 3. The van der Waals surface area contributed by atoms with Crippen molar-refractivity contribution >= 4 is 27.8 Å². The SMILES string of the molecule is C=CCOc1ccc(C=NNC(=O)CN(c2cccc(C(F)(F)F)c2)S(=O)(=O)c2ccccc2)cc1OC. The van der Waals surface area contributed by atoms with E-state index in [0.29, 0.717) is 27.4 Å². The molecule has 38 heavy (non-hydrogen) atoms. The maximum atomic E-state index is 13.3. The van der Waals surface area contributed by atoms with Crippen molar-refractivity contribution in [2.24, 2.45) is 5.10 Å². The summed E-state index contributed by atoms with van der Waals surface area (Å²) < 4.78 is 77.8. The largest absolute Gasteiger partial charge is 0.493 e. The molecule has 3 rings (SSSR count). The van der Waals surface area contributed by atoms with Crippen LogP contribution in [0.15, 0.2) is 95.4 Å². The number of amides is 1. The minimum absolute atomic E-state index is 0.195. The molecule has 1 amide bonds. The predicted molar refractivity (Wildman–Crippen MR) is 137 cm³/mol. The lowest BCUT2D eigenvalue weighted by Gasteiger charge is -2.24. The average molecular weight is 548 g/mol. The first-order chi connectivity index (χ1) is 18.1. The van der Waals surface area contributed by atoms with E-state index in [9.17, 15) is 26.4 Å². The summed E-state index contributed by atoms with van der Waals surface area (Å²) >= 11 is 0. The number of anilines is 1. The number of nitrogens with zero attached hydrogens (tertiary/aromatic N) is 2. The number of hydrogen-bond acceptors (Lipinski definition) is 6. The summed E-state index contributed by atoms with van der Waals surface area (Å²) in [6.45, 7) is 3.02. The number of carbonyl (C=O) groups excluding carboxylic acids is 1. The molecule has 0 saturated carbocycles. The van der Waals surface area contributed by atoms with Crippen LogP contribution in [0.4, 0.5) is 18.9 Å². The van der Waals surface area contributed by atoms with E-state index in [-0.39, 0.29) is 17.2 Å². The van der Waals surface area contributed by atoms with Crippen LogP contribution in [0.25, 0.3) is 0 Å². The van der Waals surface area contributed by atoms with Crippen LogP contribution in [-0.4, -0.2) is 40.8 Å². The van der Waals surface area contributed by atoms with Gasteiger partial charge in [-0.05, 0) is 54.1 Å². The fourth-order valence-electron chi connectivity index (χ4n) is 3.25. The zero-order chi connectivity index (χ0) is 27.8. The van der Waals surface area contributed by atoms with Crippen LogP contribution in [-0.2, 0) is 21.0 Å². The molecule has 0 aliphatic rings. The number of ether oxygens (including phenoxy) is 2. The van der Waals surface area contributed by atoms with E-state index in [1.165, 1.54) is 43.7 Å². The first kappa shape index (κ1) is 28.3. The standard InChI is InChI=1S/C26H24F3N3O5S/c1-3-14-37-23-13-12-19(15-24(23)36-2)17-30-31-25(33)18-32(38(34,35)22-10-5-4-6-11-22)21-9-7-8-20(16-21)26(27,28)29/h3-13,15-17H,1,14,18H2,2H3,(H,31,33). The molecule has 0 unspecified atom stereocenters. The molecule has 0 aliphatic heterocycles. The van der Waals surface area contributed by atoms with Crippen molar-refractivity contribution in [2.45, 2.75) is 11.1 Å². The first-order valence-electron chi connectivity index (χ1n) is 11.0. The maximum Gasteiger partial charge on any atom is 0.416 e. The number of hydrazone groups is 1. The lowest BCUT2D eigenvalue weighted by atomic mass is 10.2. The summed E-state index contributed by atoms with van der Waals surface area (Å²) in [6, 6.07) is 15.7. The van der Waals surface area contributed by atoms with Gasteiger partial charge in [0.25, 0.3) is 15.9 Å². The molecule has 8 nitrogen and oxygen atoms in total. The summed E-state index contributed by atoms with van der Waals surface area (Å²) in [5.41, 5.74) is 1.34. The molecule has 12 heteroatoms. The van der Waals surface area contributed by atoms with Crippen molar-refractivity contribution in [3.63, 3.8) is 0 Å². The summed E-state index contributed by atoms with van der Waals surface area (Å²) in [4.78, 5) is 12.5. The van der Waals surface area contributed by atoms with Crippen LogP contribution in [0.1, 0.15) is 11.1 Å². The second-order valence-corrected chi connectivity index (χ2v) is 9.54. The van der Waals surface area contributed by atoms with Gasteiger partial charge in [0.15, 0.2) is 11.5 Å². The van der Waals surface area contributed by atoms with Gasteiger partial charge < -0.3 is 9.47 Å². The quantitative estimate of drug-likeness (QED) is 0.215. The van der Waals surface area contributed by atoms with Gasteiger partial charge in [-0.25, -0.2) is 13.8 Å². The predicted octanol–water partition coefficient (Wildman–Crippen LogP) is 4.62. The highest BCUT2D eigenvalue weighted by Crippen LogP contribution is 2.33. The minimum Gasteiger partial charge on any atom is -0.493 e. The molecule has 0 aromatic heterocycles.